The van der Waals surface area contributed by atoms with Crippen LogP contribution in [-0.2, 0) is 7.05 Å². The zero-order chi connectivity index (χ0) is 11.2. The molecule has 0 aliphatic heterocycles. The molecule has 0 amide bonds. The van der Waals surface area contributed by atoms with Gasteiger partial charge in [0.25, 0.3) is 0 Å². The van der Waals surface area contributed by atoms with Gasteiger partial charge in [0.05, 0.1) is 5.52 Å². The molecule has 1 heterocycles. The van der Waals surface area contributed by atoms with Gasteiger partial charge in [-0.3, -0.25) is 4.68 Å². The van der Waals surface area contributed by atoms with Crippen molar-refractivity contribution in [1.82, 2.24) is 9.78 Å². The van der Waals surface area contributed by atoms with Crippen LogP contribution < -0.4 is 0 Å². The Morgan fingerprint density at radius 2 is 1.93 bits per heavy atom. The molecule has 0 bridgehead atoms. The van der Waals surface area contributed by atoms with E-state index in [0.717, 1.165) is 21.5 Å². The highest BCUT2D eigenvalue weighted by Crippen LogP contribution is 2.35. The minimum Gasteiger partial charge on any atom is -0.256 e. The average Bonchev–Trinajstić information content (AvgIpc) is 2.44. The van der Waals surface area contributed by atoms with Gasteiger partial charge in [-0.05, 0) is 23.6 Å². The van der Waals surface area contributed by atoms with Crippen molar-refractivity contribution in [1.29, 1.82) is 0 Å². The fraction of sp³-hybridized carbons (Fsp3) is 0.364. The van der Waals surface area contributed by atoms with Crippen LogP contribution in [0.2, 0.25) is 10.2 Å². The van der Waals surface area contributed by atoms with Crippen molar-refractivity contribution in [3.05, 3.63) is 27.9 Å². The molecule has 1 aromatic carbocycles. The quantitative estimate of drug-likeness (QED) is 0.740. The van der Waals surface area contributed by atoms with Gasteiger partial charge < -0.3 is 0 Å². The summed E-state index contributed by atoms with van der Waals surface area (Å²) in [5, 5.41) is 6.70. The number of hydrogen-bond acceptors (Lipinski definition) is 1. The predicted octanol–water partition coefficient (Wildman–Crippen LogP) is 4.00. The number of rotatable bonds is 1. The van der Waals surface area contributed by atoms with E-state index in [1.54, 1.807) is 4.68 Å². The van der Waals surface area contributed by atoms with E-state index in [-0.39, 0.29) is 0 Å². The maximum atomic E-state index is 6.20. The highest BCUT2D eigenvalue weighted by atomic mass is 35.5. The Kier molecular flexibility index (Phi) is 2.65. The van der Waals surface area contributed by atoms with E-state index in [0.29, 0.717) is 11.1 Å². The molecular formula is C11H12Cl2N2. The fourth-order valence-electron chi connectivity index (χ4n) is 1.81. The second kappa shape index (κ2) is 3.69. The van der Waals surface area contributed by atoms with E-state index in [1.165, 1.54) is 0 Å². The summed E-state index contributed by atoms with van der Waals surface area (Å²) < 4.78 is 1.68. The third kappa shape index (κ3) is 1.62. The first-order valence-electron chi connectivity index (χ1n) is 4.83. The van der Waals surface area contributed by atoms with Crippen molar-refractivity contribution in [2.24, 2.45) is 7.05 Å². The van der Waals surface area contributed by atoms with Gasteiger partial charge in [-0.1, -0.05) is 37.0 Å². The molecule has 2 rings (SSSR count). The summed E-state index contributed by atoms with van der Waals surface area (Å²) in [6.07, 6.45) is 0. The Hall–Kier alpha value is -0.730. The summed E-state index contributed by atoms with van der Waals surface area (Å²) in [5.41, 5.74) is 1.97. The van der Waals surface area contributed by atoms with Crippen LogP contribution in [0, 0.1) is 0 Å². The molecule has 1 aromatic heterocycles. The number of aromatic nitrogens is 2. The van der Waals surface area contributed by atoms with E-state index < -0.39 is 0 Å². The molecule has 0 aliphatic carbocycles. The summed E-state index contributed by atoms with van der Waals surface area (Å²) >= 11 is 12.4. The smallest absolute Gasteiger partial charge is 0.134 e. The van der Waals surface area contributed by atoms with Gasteiger partial charge in [-0.15, -0.1) is 0 Å². The molecule has 0 atom stereocenters. The molecule has 15 heavy (non-hydrogen) atoms. The van der Waals surface area contributed by atoms with Crippen LogP contribution in [0.15, 0.2) is 12.1 Å². The van der Waals surface area contributed by atoms with Crippen LogP contribution in [0.4, 0.5) is 0 Å². The normalized spacial score (nSPS) is 11.6. The first-order chi connectivity index (χ1) is 7.02. The van der Waals surface area contributed by atoms with Crippen LogP contribution in [-0.4, -0.2) is 9.78 Å². The zero-order valence-electron chi connectivity index (χ0n) is 8.88. The number of halogens is 2. The average molecular weight is 243 g/mol. The van der Waals surface area contributed by atoms with E-state index >= 15 is 0 Å². The maximum Gasteiger partial charge on any atom is 0.134 e. The summed E-state index contributed by atoms with van der Waals surface area (Å²) in [7, 11) is 1.83. The first-order valence-corrected chi connectivity index (χ1v) is 5.58. The molecule has 0 radical (unpaired) electrons. The number of fused-ring (bicyclic) bond motifs is 1. The van der Waals surface area contributed by atoms with Gasteiger partial charge >= 0.3 is 0 Å². The lowest BCUT2D eigenvalue weighted by molar-refractivity contribution is 0.780. The SMILES string of the molecule is CC(C)c1c(Cl)ccc2nn(C)c(Cl)c12. The number of benzene rings is 1. The molecule has 2 nitrogen and oxygen atoms in total. The Morgan fingerprint density at radius 3 is 2.53 bits per heavy atom. The predicted molar refractivity (Wildman–Crippen MR) is 64.8 cm³/mol. The van der Waals surface area contributed by atoms with Gasteiger partial charge in [0, 0.05) is 17.5 Å². The van der Waals surface area contributed by atoms with Crippen LogP contribution in [0.5, 0.6) is 0 Å². The molecule has 0 saturated carbocycles. The lowest BCUT2D eigenvalue weighted by Gasteiger charge is -2.09. The summed E-state index contributed by atoms with van der Waals surface area (Å²) in [6.45, 7) is 4.20. The molecule has 0 fully saturated rings. The van der Waals surface area contributed by atoms with Crippen molar-refractivity contribution in [2.75, 3.05) is 0 Å². The molecule has 0 N–H and O–H groups in total. The second-order valence-electron chi connectivity index (χ2n) is 3.92. The first kappa shape index (κ1) is 10.8. The van der Waals surface area contributed by atoms with Gasteiger partial charge in [-0.25, -0.2) is 0 Å². The second-order valence-corrected chi connectivity index (χ2v) is 4.69. The summed E-state index contributed by atoms with van der Waals surface area (Å²) in [4.78, 5) is 0. The minimum atomic E-state index is 0.336. The van der Waals surface area contributed by atoms with Crippen molar-refractivity contribution in [3.63, 3.8) is 0 Å². The summed E-state index contributed by atoms with van der Waals surface area (Å²) in [6, 6.07) is 3.78. The zero-order valence-corrected chi connectivity index (χ0v) is 10.4. The number of aryl methyl sites for hydroxylation is 1. The highest BCUT2D eigenvalue weighted by Gasteiger charge is 2.16. The van der Waals surface area contributed by atoms with Gasteiger partial charge in [0.2, 0.25) is 0 Å². The Labute approximate surface area is 98.8 Å². The Balaban J connectivity index is 2.91. The number of hydrogen-bond donors (Lipinski definition) is 0. The Morgan fingerprint density at radius 1 is 1.27 bits per heavy atom. The molecular weight excluding hydrogens is 231 g/mol. The number of nitrogens with zero attached hydrogens (tertiary/aromatic N) is 2. The lowest BCUT2D eigenvalue weighted by atomic mass is 9.99. The van der Waals surface area contributed by atoms with E-state index in [1.807, 2.05) is 19.2 Å². The monoisotopic (exact) mass is 242 g/mol. The topological polar surface area (TPSA) is 17.8 Å². The third-order valence-corrected chi connectivity index (χ3v) is 3.26. The standard InChI is InChI=1S/C11H12Cl2N2/c1-6(2)9-7(12)4-5-8-10(9)11(13)15(3)14-8/h4-6H,1-3H3. The van der Waals surface area contributed by atoms with Gasteiger partial charge in [0.15, 0.2) is 0 Å². The van der Waals surface area contributed by atoms with Gasteiger partial charge in [0.1, 0.15) is 5.15 Å². The van der Waals surface area contributed by atoms with Crippen molar-refractivity contribution >= 4 is 34.1 Å². The van der Waals surface area contributed by atoms with Crippen LogP contribution >= 0.6 is 23.2 Å². The molecule has 4 heteroatoms. The van der Waals surface area contributed by atoms with Crippen molar-refractivity contribution < 1.29 is 0 Å². The van der Waals surface area contributed by atoms with Crippen molar-refractivity contribution in [2.45, 2.75) is 19.8 Å². The molecule has 2 aromatic rings. The van der Waals surface area contributed by atoms with Gasteiger partial charge in [-0.2, -0.15) is 5.10 Å². The fourth-order valence-corrected chi connectivity index (χ4v) is 2.43. The molecule has 0 unspecified atom stereocenters. The van der Waals surface area contributed by atoms with Crippen LogP contribution in [0.1, 0.15) is 25.3 Å². The van der Waals surface area contributed by atoms with E-state index in [9.17, 15) is 0 Å². The minimum absolute atomic E-state index is 0.336. The molecule has 0 aliphatic rings. The van der Waals surface area contributed by atoms with E-state index in [2.05, 4.69) is 18.9 Å². The largest absolute Gasteiger partial charge is 0.256 e. The lowest BCUT2D eigenvalue weighted by Crippen LogP contribution is -1.91. The molecule has 0 saturated heterocycles. The molecule has 0 spiro atoms. The van der Waals surface area contributed by atoms with Crippen molar-refractivity contribution in [3.8, 4) is 0 Å². The van der Waals surface area contributed by atoms with Crippen LogP contribution in [0.25, 0.3) is 10.9 Å². The molecule has 80 valence electrons. The maximum absolute atomic E-state index is 6.20. The van der Waals surface area contributed by atoms with E-state index in [4.69, 9.17) is 23.2 Å². The van der Waals surface area contributed by atoms with Crippen LogP contribution in [0.3, 0.4) is 0 Å². The summed E-state index contributed by atoms with van der Waals surface area (Å²) in [5.74, 6) is 0.336. The highest BCUT2D eigenvalue weighted by molar-refractivity contribution is 6.37. The third-order valence-electron chi connectivity index (χ3n) is 2.50. The Bertz CT molecular complexity index is 515.